The van der Waals surface area contributed by atoms with Gasteiger partial charge in [-0.1, -0.05) is 0 Å². The van der Waals surface area contributed by atoms with Crippen molar-refractivity contribution in [1.82, 2.24) is 4.90 Å². The van der Waals surface area contributed by atoms with Gasteiger partial charge in [0.1, 0.15) is 0 Å². The number of carbonyl (C=O) groups excluding carboxylic acids is 1. The van der Waals surface area contributed by atoms with Crippen LogP contribution >= 0.6 is 0 Å². The highest BCUT2D eigenvalue weighted by molar-refractivity contribution is 5.80. The second kappa shape index (κ2) is 3.56. The van der Waals surface area contributed by atoms with E-state index in [1.165, 1.54) is 0 Å². The van der Waals surface area contributed by atoms with Gasteiger partial charge < -0.3 is 10.0 Å². The molecular weight excluding hydrogens is 158 g/mol. The van der Waals surface area contributed by atoms with Crippen molar-refractivity contribution in [2.45, 2.75) is 32.2 Å². The van der Waals surface area contributed by atoms with Gasteiger partial charge in [0.25, 0.3) is 0 Å². The van der Waals surface area contributed by atoms with Gasteiger partial charge in [-0.2, -0.15) is 0 Å². The Balaban J connectivity index is 2.54. The van der Waals surface area contributed by atoms with Crippen molar-refractivity contribution in [1.29, 1.82) is 0 Å². The van der Waals surface area contributed by atoms with Crippen molar-refractivity contribution in [3.63, 3.8) is 0 Å². The van der Waals surface area contributed by atoms with E-state index in [4.69, 9.17) is 5.11 Å². The largest absolute Gasteiger partial charge is 0.481 e. The summed E-state index contributed by atoms with van der Waals surface area (Å²) in [5.41, 5.74) is 0. The van der Waals surface area contributed by atoms with Crippen LogP contribution in [-0.4, -0.2) is 34.5 Å². The number of rotatable bonds is 3. The van der Waals surface area contributed by atoms with Crippen LogP contribution in [0.3, 0.4) is 0 Å². The first-order valence-corrected chi connectivity index (χ1v) is 4.16. The summed E-state index contributed by atoms with van der Waals surface area (Å²) in [6, 6.07) is -0.0694. The van der Waals surface area contributed by atoms with Crippen LogP contribution in [0.15, 0.2) is 0 Å². The van der Waals surface area contributed by atoms with Crippen LogP contribution in [0.5, 0.6) is 0 Å². The molecule has 1 amide bonds. The number of aliphatic carboxylic acids is 1. The molecule has 1 aliphatic rings. The molecule has 1 heterocycles. The zero-order valence-electron chi connectivity index (χ0n) is 7.12. The zero-order chi connectivity index (χ0) is 9.14. The van der Waals surface area contributed by atoms with E-state index < -0.39 is 5.97 Å². The van der Waals surface area contributed by atoms with E-state index in [0.717, 1.165) is 0 Å². The fourth-order valence-electron chi connectivity index (χ4n) is 1.64. The average Bonchev–Trinajstić information content (AvgIpc) is 2.30. The van der Waals surface area contributed by atoms with Crippen molar-refractivity contribution >= 4 is 11.9 Å². The Labute approximate surface area is 71.2 Å². The minimum absolute atomic E-state index is 0.0694. The summed E-state index contributed by atoms with van der Waals surface area (Å²) < 4.78 is 0. The molecule has 1 aliphatic heterocycles. The van der Waals surface area contributed by atoms with Gasteiger partial charge in [-0.25, -0.2) is 0 Å². The molecule has 4 heteroatoms. The number of carboxylic acid groups (broad SMARTS) is 1. The first-order chi connectivity index (χ1) is 5.65. The molecule has 0 aromatic carbocycles. The molecule has 0 aromatic rings. The van der Waals surface area contributed by atoms with Gasteiger partial charge in [-0.15, -0.1) is 0 Å². The second-order valence-corrected chi connectivity index (χ2v) is 2.97. The van der Waals surface area contributed by atoms with E-state index >= 15 is 0 Å². The lowest BCUT2D eigenvalue weighted by molar-refractivity contribution is -0.138. The quantitative estimate of drug-likeness (QED) is 0.671. The average molecular weight is 171 g/mol. The predicted octanol–water partition coefficient (Wildman–Crippen LogP) is 0.472. The Kier molecular flexibility index (Phi) is 2.68. The number of nitrogens with zero attached hydrogens (tertiary/aromatic N) is 1. The molecule has 4 nitrogen and oxygen atoms in total. The maximum absolute atomic E-state index is 11.1. The number of likely N-dealkylation sites (tertiary alicyclic amines) is 1. The normalized spacial score (nSPS) is 23.2. The van der Waals surface area contributed by atoms with Crippen LogP contribution in [-0.2, 0) is 9.59 Å². The molecule has 1 rings (SSSR count). The highest BCUT2D eigenvalue weighted by atomic mass is 16.4. The topological polar surface area (TPSA) is 57.6 Å². The summed E-state index contributed by atoms with van der Waals surface area (Å²) in [6.07, 6.45) is 1.28. The Morgan fingerprint density at radius 3 is 2.92 bits per heavy atom. The van der Waals surface area contributed by atoms with Crippen LogP contribution in [0.2, 0.25) is 0 Å². The van der Waals surface area contributed by atoms with Crippen molar-refractivity contribution in [3.8, 4) is 0 Å². The monoisotopic (exact) mass is 171 g/mol. The van der Waals surface area contributed by atoms with Crippen molar-refractivity contribution in [2.24, 2.45) is 0 Å². The van der Waals surface area contributed by atoms with Gasteiger partial charge in [0.2, 0.25) is 5.91 Å². The van der Waals surface area contributed by atoms with Gasteiger partial charge in [-0.05, 0) is 13.3 Å². The van der Waals surface area contributed by atoms with Crippen LogP contribution in [0.4, 0.5) is 0 Å². The minimum Gasteiger partial charge on any atom is -0.481 e. The van der Waals surface area contributed by atoms with E-state index in [1.807, 2.05) is 6.92 Å². The van der Waals surface area contributed by atoms with Crippen LogP contribution < -0.4 is 0 Å². The van der Waals surface area contributed by atoms with Crippen LogP contribution in [0.1, 0.15) is 26.2 Å². The van der Waals surface area contributed by atoms with Gasteiger partial charge in [0.15, 0.2) is 0 Å². The van der Waals surface area contributed by atoms with E-state index in [1.54, 1.807) is 4.90 Å². The molecule has 1 atom stereocenters. The summed E-state index contributed by atoms with van der Waals surface area (Å²) in [6.45, 7) is 2.49. The predicted molar refractivity (Wildman–Crippen MR) is 42.7 cm³/mol. The Hall–Kier alpha value is -1.06. The molecule has 0 spiro atoms. The second-order valence-electron chi connectivity index (χ2n) is 2.97. The number of hydrogen-bond donors (Lipinski definition) is 1. The Bertz CT molecular complexity index is 202. The van der Waals surface area contributed by atoms with E-state index in [9.17, 15) is 9.59 Å². The molecule has 1 saturated heterocycles. The third-order valence-electron chi connectivity index (χ3n) is 2.20. The Morgan fingerprint density at radius 2 is 2.42 bits per heavy atom. The van der Waals surface area contributed by atoms with Gasteiger partial charge in [0.05, 0.1) is 6.42 Å². The molecule has 1 N–H and O–H groups in total. The summed E-state index contributed by atoms with van der Waals surface area (Å²) in [5.74, 6) is -0.739. The van der Waals surface area contributed by atoms with Crippen LogP contribution in [0, 0.1) is 0 Å². The first-order valence-electron chi connectivity index (χ1n) is 4.16. The molecule has 1 fully saturated rings. The van der Waals surface area contributed by atoms with Crippen LogP contribution in [0.25, 0.3) is 0 Å². The molecule has 0 radical (unpaired) electrons. The lowest BCUT2D eigenvalue weighted by atomic mass is 10.1. The molecule has 0 saturated carbocycles. The molecular formula is C8H13NO3. The molecule has 0 aliphatic carbocycles. The summed E-state index contributed by atoms with van der Waals surface area (Å²) >= 11 is 0. The molecule has 68 valence electrons. The highest BCUT2D eigenvalue weighted by Gasteiger charge is 2.30. The van der Waals surface area contributed by atoms with Crippen molar-refractivity contribution < 1.29 is 14.7 Å². The fourth-order valence-corrected chi connectivity index (χ4v) is 1.64. The smallest absolute Gasteiger partial charge is 0.305 e. The Morgan fingerprint density at radius 1 is 1.75 bits per heavy atom. The van der Waals surface area contributed by atoms with E-state index in [-0.39, 0.29) is 18.4 Å². The third kappa shape index (κ3) is 1.75. The number of carbonyl (C=O) groups is 2. The lowest BCUT2D eigenvalue weighted by Gasteiger charge is -2.21. The van der Waals surface area contributed by atoms with E-state index in [0.29, 0.717) is 19.4 Å². The van der Waals surface area contributed by atoms with Gasteiger partial charge in [0, 0.05) is 19.0 Å². The van der Waals surface area contributed by atoms with Crippen molar-refractivity contribution in [2.75, 3.05) is 6.54 Å². The molecule has 1 unspecified atom stereocenters. The fraction of sp³-hybridized carbons (Fsp3) is 0.750. The molecule has 12 heavy (non-hydrogen) atoms. The number of hydrogen-bond acceptors (Lipinski definition) is 2. The number of carboxylic acids is 1. The summed E-state index contributed by atoms with van der Waals surface area (Å²) in [7, 11) is 0. The van der Waals surface area contributed by atoms with E-state index in [2.05, 4.69) is 0 Å². The van der Waals surface area contributed by atoms with Crippen molar-refractivity contribution in [3.05, 3.63) is 0 Å². The van der Waals surface area contributed by atoms with Gasteiger partial charge >= 0.3 is 5.97 Å². The SMILES string of the molecule is CCN1C(=O)CCC1CC(=O)O. The lowest BCUT2D eigenvalue weighted by Crippen LogP contribution is -2.34. The first kappa shape index (κ1) is 9.03. The highest BCUT2D eigenvalue weighted by Crippen LogP contribution is 2.20. The minimum atomic E-state index is -0.826. The maximum atomic E-state index is 11.1. The summed E-state index contributed by atoms with van der Waals surface area (Å²) in [5, 5.41) is 8.54. The maximum Gasteiger partial charge on any atom is 0.305 e. The molecule has 0 bridgehead atoms. The number of amides is 1. The molecule has 0 aromatic heterocycles. The summed E-state index contributed by atoms with van der Waals surface area (Å²) in [4.78, 5) is 23.2. The van der Waals surface area contributed by atoms with Gasteiger partial charge in [-0.3, -0.25) is 9.59 Å². The standard InChI is InChI=1S/C8H13NO3/c1-2-9-6(5-8(11)12)3-4-7(9)10/h6H,2-5H2,1H3,(H,11,12). The third-order valence-corrected chi connectivity index (χ3v) is 2.20. The zero-order valence-corrected chi connectivity index (χ0v) is 7.12.